The number of amides is 1. The second-order valence-corrected chi connectivity index (χ2v) is 6.17. The molecule has 2 aromatic rings. The van der Waals surface area contributed by atoms with Gasteiger partial charge in [-0.3, -0.25) is 4.79 Å². The summed E-state index contributed by atoms with van der Waals surface area (Å²) in [5.41, 5.74) is 1.67. The summed E-state index contributed by atoms with van der Waals surface area (Å²) in [6.07, 6.45) is 0. The molecule has 7 heteroatoms. The lowest BCUT2D eigenvalue weighted by atomic mass is 10.3. The molecule has 1 N–H and O–H groups in total. The number of carbonyl (C=O) groups is 2. The van der Waals surface area contributed by atoms with Gasteiger partial charge in [-0.25, -0.2) is 9.78 Å². The van der Waals surface area contributed by atoms with Gasteiger partial charge in [-0.2, -0.15) is 11.3 Å². The van der Waals surface area contributed by atoms with Crippen molar-refractivity contribution in [3.63, 3.8) is 0 Å². The third-order valence-corrected chi connectivity index (χ3v) is 4.65. The molecule has 0 bridgehead atoms. The number of thiazole rings is 1. The number of hydrogen-bond donors (Lipinski definition) is 1. The summed E-state index contributed by atoms with van der Waals surface area (Å²) in [5, 5.41) is 7.40. The molecule has 1 unspecified atom stereocenters. The number of rotatable bonds is 5. The van der Waals surface area contributed by atoms with Gasteiger partial charge >= 0.3 is 5.97 Å². The lowest BCUT2D eigenvalue weighted by Gasteiger charge is -2.11. The number of carbonyl (C=O) groups excluding carboxylic acids is 2. The van der Waals surface area contributed by atoms with Gasteiger partial charge < -0.3 is 10.1 Å². The molecule has 2 aromatic heterocycles. The van der Waals surface area contributed by atoms with Crippen LogP contribution in [0.2, 0.25) is 0 Å². The van der Waals surface area contributed by atoms with E-state index >= 15 is 0 Å². The van der Waals surface area contributed by atoms with Crippen molar-refractivity contribution >= 4 is 34.6 Å². The molecule has 0 aliphatic heterocycles. The second-order valence-electron chi connectivity index (χ2n) is 4.39. The minimum atomic E-state index is -0.677. The van der Waals surface area contributed by atoms with E-state index in [4.69, 9.17) is 4.74 Å². The highest BCUT2D eigenvalue weighted by atomic mass is 32.1. The van der Waals surface area contributed by atoms with Crippen LogP contribution in [0.25, 0.3) is 10.6 Å². The molecule has 0 radical (unpaired) electrons. The summed E-state index contributed by atoms with van der Waals surface area (Å²) in [4.78, 5) is 28.7. The maximum atomic E-state index is 12.2. The average Bonchev–Trinajstić information content (AvgIpc) is 3.07. The topological polar surface area (TPSA) is 68.3 Å². The average molecular weight is 324 g/mol. The van der Waals surface area contributed by atoms with Crippen molar-refractivity contribution in [1.82, 2.24) is 10.3 Å². The second kappa shape index (κ2) is 6.82. The Kier molecular flexibility index (Phi) is 5.08. The largest absolute Gasteiger partial charge is 0.464 e. The fraction of sp³-hybridized carbons (Fsp3) is 0.357. The maximum absolute atomic E-state index is 12.2. The van der Waals surface area contributed by atoms with Gasteiger partial charge in [0.2, 0.25) is 0 Å². The Hall–Kier alpha value is -1.73. The van der Waals surface area contributed by atoms with Crippen molar-refractivity contribution in [2.75, 3.05) is 6.61 Å². The predicted octanol–water partition coefficient (Wildman–Crippen LogP) is 2.86. The van der Waals surface area contributed by atoms with Crippen LogP contribution in [0.1, 0.15) is 29.2 Å². The number of ether oxygens (including phenoxy) is 1. The Balaban J connectivity index is 2.11. The van der Waals surface area contributed by atoms with Gasteiger partial charge in [0.15, 0.2) is 0 Å². The van der Waals surface area contributed by atoms with E-state index in [-0.39, 0.29) is 5.91 Å². The number of aryl methyl sites for hydroxylation is 1. The highest BCUT2D eigenvalue weighted by Crippen LogP contribution is 2.29. The zero-order valence-corrected chi connectivity index (χ0v) is 13.6. The lowest BCUT2D eigenvalue weighted by molar-refractivity contribution is -0.144. The van der Waals surface area contributed by atoms with Crippen LogP contribution in [0.15, 0.2) is 16.8 Å². The normalized spacial score (nSPS) is 12.0. The fourth-order valence-corrected chi connectivity index (χ4v) is 3.39. The molecular weight excluding hydrogens is 308 g/mol. The zero-order chi connectivity index (χ0) is 15.4. The Morgan fingerprint density at radius 2 is 2.24 bits per heavy atom. The summed E-state index contributed by atoms with van der Waals surface area (Å²) in [5.74, 6) is -0.738. The van der Waals surface area contributed by atoms with Gasteiger partial charge in [-0.1, -0.05) is 0 Å². The zero-order valence-electron chi connectivity index (χ0n) is 12.0. The van der Waals surface area contributed by atoms with Gasteiger partial charge in [0.1, 0.15) is 15.9 Å². The van der Waals surface area contributed by atoms with Gasteiger partial charge in [0.25, 0.3) is 5.91 Å². The molecule has 0 saturated heterocycles. The van der Waals surface area contributed by atoms with E-state index in [1.165, 1.54) is 11.3 Å². The van der Waals surface area contributed by atoms with Crippen LogP contribution in [0.4, 0.5) is 0 Å². The summed E-state index contributed by atoms with van der Waals surface area (Å²) < 4.78 is 4.87. The number of thiophene rings is 1. The van der Waals surface area contributed by atoms with Crippen molar-refractivity contribution < 1.29 is 14.3 Å². The van der Waals surface area contributed by atoms with Crippen molar-refractivity contribution in [2.24, 2.45) is 0 Å². The molecule has 0 fully saturated rings. The Morgan fingerprint density at radius 1 is 1.48 bits per heavy atom. The fourth-order valence-electron chi connectivity index (χ4n) is 1.71. The predicted molar refractivity (Wildman–Crippen MR) is 83.7 cm³/mol. The maximum Gasteiger partial charge on any atom is 0.328 e. The summed E-state index contributed by atoms with van der Waals surface area (Å²) >= 11 is 2.91. The minimum absolute atomic E-state index is 0.293. The third kappa shape index (κ3) is 3.68. The molecule has 0 saturated carbocycles. The smallest absolute Gasteiger partial charge is 0.328 e. The van der Waals surface area contributed by atoms with Gasteiger partial charge in [-0.15, -0.1) is 11.3 Å². The summed E-state index contributed by atoms with van der Waals surface area (Å²) in [6, 6.07) is 1.29. The molecule has 5 nitrogen and oxygen atoms in total. The van der Waals surface area contributed by atoms with Crippen molar-refractivity contribution in [2.45, 2.75) is 26.8 Å². The van der Waals surface area contributed by atoms with Crippen LogP contribution >= 0.6 is 22.7 Å². The molecule has 2 rings (SSSR count). The highest BCUT2D eigenvalue weighted by molar-refractivity contribution is 7.17. The van der Waals surface area contributed by atoms with E-state index in [0.29, 0.717) is 17.2 Å². The van der Waals surface area contributed by atoms with E-state index in [2.05, 4.69) is 10.3 Å². The van der Waals surface area contributed by atoms with Crippen LogP contribution in [0.5, 0.6) is 0 Å². The Bertz CT molecular complexity index is 635. The van der Waals surface area contributed by atoms with Crippen molar-refractivity contribution in [3.8, 4) is 10.6 Å². The molecule has 0 aliphatic rings. The van der Waals surface area contributed by atoms with E-state index in [1.807, 2.05) is 16.8 Å². The number of nitrogens with one attached hydrogen (secondary N) is 1. The Morgan fingerprint density at radius 3 is 2.86 bits per heavy atom. The monoisotopic (exact) mass is 324 g/mol. The number of esters is 1. The first kappa shape index (κ1) is 15.7. The summed E-state index contributed by atoms with van der Waals surface area (Å²) in [6.45, 7) is 5.41. The number of nitrogens with zero attached hydrogens (tertiary/aromatic N) is 1. The van der Waals surface area contributed by atoms with E-state index in [9.17, 15) is 9.59 Å². The SMILES string of the molecule is CCOC(=O)C(C)NC(=O)c1sc(-c2ccsc2)nc1C. The van der Waals surface area contributed by atoms with E-state index < -0.39 is 12.0 Å². The highest BCUT2D eigenvalue weighted by Gasteiger charge is 2.21. The molecular formula is C14H16N2O3S2. The first-order valence-corrected chi connectivity index (χ1v) is 8.26. The minimum Gasteiger partial charge on any atom is -0.464 e. The van der Waals surface area contributed by atoms with Gasteiger partial charge in [0.05, 0.1) is 12.3 Å². The standard InChI is InChI=1S/C14H16N2O3S2/c1-4-19-14(18)9(3)15-12(17)11-8(2)16-13(21-11)10-5-6-20-7-10/h5-7,9H,4H2,1-3H3,(H,15,17). The third-order valence-electron chi connectivity index (χ3n) is 2.76. The number of hydrogen-bond acceptors (Lipinski definition) is 6. The molecule has 21 heavy (non-hydrogen) atoms. The molecule has 1 amide bonds. The van der Waals surface area contributed by atoms with Crippen LogP contribution in [-0.2, 0) is 9.53 Å². The number of aromatic nitrogens is 1. The van der Waals surface area contributed by atoms with Gasteiger partial charge in [0, 0.05) is 10.9 Å². The van der Waals surface area contributed by atoms with Crippen LogP contribution < -0.4 is 5.32 Å². The molecule has 1 atom stereocenters. The van der Waals surface area contributed by atoms with Crippen LogP contribution in [0, 0.1) is 6.92 Å². The van der Waals surface area contributed by atoms with E-state index in [1.54, 1.807) is 32.1 Å². The first-order chi connectivity index (χ1) is 10.0. The first-order valence-electron chi connectivity index (χ1n) is 6.50. The molecule has 0 spiro atoms. The molecule has 0 aliphatic carbocycles. The van der Waals surface area contributed by atoms with E-state index in [0.717, 1.165) is 10.6 Å². The molecule has 112 valence electrons. The summed E-state index contributed by atoms with van der Waals surface area (Å²) in [7, 11) is 0. The van der Waals surface area contributed by atoms with Crippen molar-refractivity contribution in [3.05, 3.63) is 27.4 Å². The quantitative estimate of drug-likeness (QED) is 0.859. The van der Waals surface area contributed by atoms with Crippen molar-refractivity contribution in [1.29, 1.82) is 0 Å². The molecule has 0 aromatic carbocycles. The van der Waals surface area contributed by atoms with Crippen LogP contribution in [-0.4, -0.2) is 29.5 Å². The van der Waals surface area contributed by atoms with Gasteiger partial charge in [-0.05, 0) is 32.2 Å². The van der Waals surface area contributed by atoms with Crippen LogP contribution in [0.3, 0.4) is 0 Å². The lowest BCUT2D eigenvalue weighted by Crippen LogP contribution is -2.39. The molecule has 2 heterocycles. The Labute approximate surface area is 131 Å².